The average Bonchev–Trinajstić information content (AvgIpc) is 3.06. The fourth-order valence-corrected chi connectivity index (χ4v) is 2.69. The van der Waals surface area contributed by atoms with E-state index in [4.69, 9.17) is 9.52 Å². The van der Waals surface area contributed by atoms with Crippen LogP contribution in [0.5, 0.6) is 0 Å². The van der Waals surface area contributed by atoms with E-state index in [9.17, 15) is 9.59 Å². The first kappa shape index (κ1) is 13.4. The summed E-state index contributed by atoms with van der Waals surface area (Å²) in [7, 11) is 0. The van der Waals surface area contributed by atoms with Crippen LogP contribution in [0.4, 0.5) is 0 Å². The Morgan fingerprint density at radius 3 is 2.86 bits per heavy atom. The van der Waals surface area contributed by atoms with Crippen LogP contribution in [-0.2, 0) is 6.42 Å². The van der Waals surface area contributed by atoms with Crippen LogP contribution in [-0.4, -0.2) is 17.0 Å². The van der Waals surface area contributed by atoms with E-state index in [1.54, 1.807) is 0 Å². The van der Waals surface area contributed by atoms with Gasteiger partial charge in [-0.05, 0) is 30.9 Å². The Morgan fingerprint density at radius 2 is 2.14 bits per heavy atom. The fourth-order valence-electron chi connectivity index (χ4n) is 2.69. The molecule has 0 aliphatic heterocycles. The number of aryl methyl sites for hydroxylation is 2. The number of carboxylic acids is 1. The lowest BCUT2D eigenvalue weighted by molar-refractivity contribution is 0.0695. The highest BCUT2D eigenvalue weighted by Gasteiger charge is 2.25. The van der Waals surface area contributed by atoms with E-state index in [0.29, 0.717) is 0 Å². The van der Waals surface area contributed by atoms with E-state index in [-0.39, 0.29) is 23.3 Å². The van der Waals surface area contributed by atoms with Crippen molar-refractivity contribution in [1.29, 1.82) is 0 Å². The van der Waals surface area contributed by atoms with Gasteiger partial charge in [-0.2, -0.15) is 0 Å². The molecule has 2 N–H and O–H groups in total. The van der Waals surface area contributed by atoms with Crippen LogP contribution < -0.4 is 5.32 Å². The highest BCUT2D eigenvalue weighted by atomic mass is 16.4. The number of hydrogen-bond donors (Lipinski definition) is 2. The van der Waals surface area contributed by atoms with Crippen molar-refractivity contribution in [2.75, 3.05) is 0 Å². The van der Waals surface area contributed by atoms with Crippen molar-refractivity contribution in [2.45, 2.75) is 25.8 Å². The normalized spacial score (nSPS) is 16.5. The maximum absolute atomic E-state index is 12.1. The summed E-state index contributed by atoms with van der Waals surface area (Å²) >= 11 is 0. The summed E-state index contributed by atoms with van der Waals surface area (Å²) in [4.78, 5) is 22.9. The molecular formula is C16H15NO4. The molecule has 0 radical (unpaired) electrons. The topological polar surface area (TPSA) is 79.5 Å². The van der Waals surface area contributed by atoms with Crippen molar-refractivity contribution in [3.63, 3.8) is 0 Å². The van der Waals surface area contributed by atoms with Crippen LogP contribution in [0.2, 0.25) is 0 Å². The molecule has 1 amide bonds. The molecule has 1 aliphatic carbocycles. The summed E-state index contributed by atoms with van der Waals surface area (Å²) in [6, 6.07) is 7.39. The summed E-state index contributed by atoms with van der Waals surface area (Å²) in [5, 5.41) is 11.7. The Kier molecular flexibility index (Phi) is 3.25. The lowest BCUT2D eigenvalue weighted by atomic mass is 10.1. The Labute approximate surface area is 121 Å². The SMILES string of the molecule is Cc1ccc2c(c1)CCC2NC(=O)c1cc(C(=O)O)co1. The number of carbonyl (C=O) groups is 2. The van der Waals surface area contributed by atoms with Gasteiger partial charge in [0.2, 0.25) is 0 Å². The molecule has 0 fully saturated rings. The van der Waals surface area contributed by atoms with Crippen molar-refractivity contribution < 1.29 is 19.1 Å². The van der Waals surface area contributed by atoms with Gasteiger partial charge in [0.15, 0.2) is 5.76 Å². The summed E-state index contributed by atoms with van der Waals surface area (Å²) in [6.07, 6.45) is 2.85. The van der Waals surface area contributed by atoms with E-state index >= 15 is 0 Å². The lowest BCUT2D eigenvalue weighted by Gasteiger charge is -2.13. The number of rotatable bonds is 3. The maximum Gasteiger partial charge on any atom is 0.338 e. The van der Waals surface area contributed by atoms with Crippen LogP contribution in [0.1, 0.15) is 50.1 Å². The molecule has 21 heavy (non-hydrogen) atoms. The smallest absolute Gasteiger partial charge is 0.338 e. The highest BCUT2D eigenvalue weighted by Crippen LogP contribution is 2.31. The van der Waals surface area contributed by atoms with Gasteiger partial charge >= 0.3 is 5.97 Å². The first-order valence-electron chi connectivity index (χ1n) is 6.76. The number of amides is 1. The highest BCUT2D eigenvalue weighted by molar-refractivity contribution is 5.95. The Bertz CT molecular complexity index is 717. The Hall–Kier alpha value is -2.56. The third-order valence-electron chi connectivity index (χ3n) is 3.75. The largest absolute Gasteiger partial charge is 0.478 e. The van der Waals surface area contributed by atoms with Gasteiger partial charge in [0.25, 0.3) is 5.91 Å². The zero-order valence-corrected chi connectivity index (χ0v) is 11.6. The van der Waals surface area contributed by atoms with Crippen LogP contribution in [0.15, 0.2) is 34.9 Å². The van der Waals surface area contributed by atoms with Crippen LogP contribution in [0.3, 0.4) is 0 Å². The Balaban J connectivity index is 1.76. The molecule has 0 bridgehead atoms. The second-order valence-electron chi connectivity index (χ2n) is 5.27. The summed E-state index contributed by atoms with van der Waals surface area (Å²) in [5.41, 5.74) is 3.56. The molecule has 0 saturated carbocycles. The molecule has 108 valence electrons. The predicted octanol–water partition coefficient (Wildman–Crippen LogP) is 2.70. The molecular weight excluding hydrogens is 270 g/mol. The molecule has 5 heteroatoms. The lowest BCUT2D eigenvalue weighted by Crippen LogP contribution is -2.26. The molecule has 1 heterocycles. The van der Waals surface area contributed by atoms with Gasteiger partial charge in [0.05, 0.1) is 11.6 Å². The van der Waals surface area contributed by atoms with E-state index in [0.717, 1.165) is 24.7 Å². The van der Waals surface area contributed by atoms with Gasteiger partial charge in [0, 0.05) is 6.07 Å². The Morgan fingerprint density at radius 1 is 1.33 bits per heavy atom. The van der Waals surface area contributed by atoms with Gasteiger partial charge < -0.3 is 14.8 Å². The van der Waals surface area contributed by atoms with Crippen molar-refractivity contribution in [2.24, 2.45) is 0 Å². The van der Waals surface area contributed by atoms with Gasteiger partial charge in [-0.25, -0.2) is 4.79 Å². The zero-order valence-electron chi connectivity index (χ0n) is 11.6. The van der Waals surface area contributed by atoms with Crippen LogP contribution in [0.25, 0.3) is 0 Å². The third kappa shape index (κ3) is 2.54. The average molecular weight is 285 g/mol. The van der Waals surface area contributed by atoms with Gasteiger partial charge in [-0.3, -0.25) is 4.79 Å². The molecule has 5 nitrogen and oxygen atoms in total. The second kappa shape index (κ2) is 5.09. The number of carbonyl (C=O) groups excluding carboxylic acids is 1. The molecule has 0 saturated heterocycles. The predicted molar refractivity (Wildman–Crippen MR) is 75.4 cm³/mol. The molecule has 1 aliphatic rings. The number of hydrogen-bond acceptors (Lipinski definition) is 3. The van der Waals surface area contributed by atoms with Crippen molar-refractivity contribution >= 4 is 11.9 Å². The van der Waals surface area contributed by atoms with Gasteiger partial charge in [-0.15, -0.1) is 0 Å². The quantitative estimate of drug-likeness (QED) is 0.908. The molecule has 1 aromatic heterocycles. The van der Waals surface area contributed by atoms with E-state index in [2.05, 4.69) is 11.4 Å². The third-order valence-corrected chi connectivity index (χ3v) is 3.75. The zero-order chi connectivity index (χ0) is 15.0. The van der Waals surface area contributed by atoms with Crippen molar-refractivity contribution in [3.8, 4) is 0 Å². The van der Waals surface area contributed by atoms with E-state index in [1.807, 2.05) is 19.1 Å². The monoisotopic (exact) mass is 285 g/mol. The molecule has 0 spiro atoms. The second-order valence-corrected chi connectivity index (χ2v) is 5.27. The number of fused-ring (bicyclic) bond motifs is 1. The molecule has 1 unspecified atom stereocenters. The minimum Gasteiger partial charge on any atom is -0.478 e. The first-order chi connectivity index (χ1) is 10.0. The van der Waals surface area contributed by atoms with E-state index in [1.165, 1.54) is 17.2 Å². The summed E-state index contributed by atoms with van der Waals surface area (Å²) in [5.74, 6) is -1.48. The minimum atomic E-state index is -1.11. The van der Waals surface area contributed by atoms with Crippen LogP contribution in [0, 0.1) is 6.92 Å². The number of nitrogens with one attached hydrogen (secondary N) is 1. The van der Waals surface area contributed by atoms with Gasteiger partial charge in [-0.1, -0.05) is 23.8 Å². The number of furan rings is 1. The summed E-state index contributed by atoms with van der Waals surface area (Å²) < 4.78 is 5.01. The van der Waals surface area contributed by atoms with Crippen molar-refractivity contribution in [3.05, 3.63) is 58.5 Å². The van der Waals surface area contributed by atoms with Gasteiger partial charge in [0.1, 0.15) is 6.26 Å². The number of aromatic carboxylic acids is 1. The molecule has 3 rings (SSSR count). The molecule has 2 aromatic rings. The maximum atomic E-state index is 12.1. The number of carboxylic acid groups (broad SMARTS) is 1. The minimum absolute atomic E-state index is 0.0213. The summed E-state index contributed by atoms with van der Waals surface area (Å²) in [6.45, 7) is 2.04. The first-order valence-corrected chi connectivity index (χ1v) is 6.76. The fraction of sp³-hybridized carbons (Fsp3) is 0.250. The molecule has 1 atom stereocenters. The van der Waals surface area contributed by atoms with E-state index < -0.39 is 5.97 Å². The molecule has 1 aromatic carbocycles. The standard InChI is InChI=1S/C16H15NO4/c1-9-2-4-12-10(6-9)3-5-13(12)17-15(18)14-7-11(8-21-14)16(19)20/h2,4,6-8,13H,3,5H2,1H3,(H,17,18)(H,19,20). The van der Waals surface area contributed by atoms with Crippen LogP contribution >= 0.6 is 0 Å². The van der Waals surface area contributed by atoms with Crippen molar-refractivity contribution in [1.82, 2.24) is 5.32 Å². The number of benzene rings is 1.